The standard InChI is InChI=1S/C19H27N5OS/c1-3-4-18-22-17(11-26-18)19(25)24-8-14-5-6-15(24)9-23(7-14)10-16-13(2)20-12-21-16/h11-12,14-15H,3-10H2,1-2H3,(H,20,21)/t14-,15+/m1/s1. The summed E-state index contributed by atoms with van der Waals surface area (Å²) in [5, 5.41) is 3.02. The molecule has 2 aromatic heterocycles. The quantitative estimate of drug-likeness (QED) is 0.875. The van der Waals surface area contributed by atoms with Crippen LogP contribution in [0.1, 0.15) is 53.1 Å². The summed E-state index contributed by atoms with van der Waals surface area (Å²) >= 11 is 1.62. The van der Waals surface area contributed by atoms with Crippen molar-refractivity contribution in [2.24, 2.45) is 5.92 Å². The highest BCUT2D eigenvalue weighted by Crippen LogP contribution is 2.30. The molecule has 3 aliphatic rings. The number of rotatable bonds is 5. The summed E-state index contributed by atoms with van der Waals surface area (Å²) < 4.78 is 0. The van der Waals surface area contributed by atoms with E-state index in [1.165, 1.54) is 6.42 Å². The molecule has 5 rings (SSSR count). The Balaban J connectivity index is 1.47. The van der Waals surface area contributed by atoms with E-state index in [0.717, 1.165) is 61.8 Å². The molecule has 140 valence electrons. The Hall–Kier alpha value is -1.73. The highest BCUT2D eigenvalue weighted by molar-refractivity contribution is 7.09. The molecule has 26 heavy (non-hydrogen) atoms. The largest absolute Gasteiger partial charge is 0.348 e. The lowest BCUT2D eigenvalue weighted by Crippen LogP contribution is -2.47. The molecule has 3 saturated heterocycles. The second-order valence-electron chi connectivity index (χ2n) is 7.60. The van der Waals surface area contributed by atoms with Crippen LogP contribution in [0.15, 0.2) is 11.7 Å². The Bertz CT molecular complexity index is 770. The molecule has 2 bridgehead atoms. The number of aryl methyl sites for hydroxylation is 2. The number of nitrogens with zero attached hydrogens (tertiary/aromatic N) is 4. The molecule has 0 unspecified atom stereocenters. The van der Waals surface area contributed by atoms with Gasteiger partial charge >= 0.3 is 0 Å². The van der Waals surface area contributed by atoms with Gasteiger partial charge in [0, 0.05) is 43.3 Å². The topological polar surface area (TPSA) is 65.1 Å². The van der Waals surface area contributed by atoms with Gasteiger partial charge < -0.3 is 9.88 Å². The van der Waals surface area contributed by atoms with E-state index in [9.17, 15) is 4.79 Å². The third-order valence-electron chi connectivity index (χ3n) is 5.59. The van der Waals surface area contributed by atoms with Gasteiger partial charge in [0.05, 0.1) is 17.0 Å². The molecule has 1 N–H and O–H groups in total. The predicted octanol–water partition coefficient (Wildman–Crippen LogP) is 2.86. The summed E-state index contributed by atoms with van der Waals surface area (Å²) in [4.78, 5) is 29.8. The van der Waals surface area contributed by atoms with Crippen molar-refractivity contribution in [1.82, 2.24) is 24.8 Å². The second-order valence-corrected chi connectivity index (χ2v) is 8.54. The fourth-order valence-electron chi connectivity index (χ4n) is 4.20. The van der Waals surface area contributed by atoms with Gasteiger partial charge in [0.1, 0.15) is 5.69 Å². The van der Waals surface area contributed by atoms with Crippen molar-refractivity contribution < 1.29 is 4.79 Å². The Kier molecular flexibility index (Phi) is 5.09. The lowest BCUT2D eigenvalue weighted by Gasteiger charge is -2.35. The first-order valence-corrected chi connectivity index (χ1v) is 10.5. The number of hydrogen-bond donors (Lipinski definition) is 1. The molecule has 6 nitrogen and oxygen atoms in total. The van der Waals surface area contributed by atoms with E-state index in [0.29, 0.717) is 11.6 Å². The van der Waals surface area contributed by atoms with Crippen molar-refractivity contribution in [2.45, 2.75) is 52.1 Å². The number of piperidine rings is 1. The first-order chi connectivity index (χ1) is 12.6. The highest BCUT2D eigenvalue weighted by Gasteiger charge is 2.38. The lowest BCUT2D eigenvalue weighted by molar-refractivity contribution is 0.0579. The zero-order valence-corrected chi connectivity index (χ0v) is 16.4. The van der Waals surface area contributed by atoms with Gasteiger partial charge in [-0.25, -0.2) is 9.97 Å². The third-order valence-corrected chi connectivity index (χ3v) is 6.50. The van der Waals surface area contributed by atoms with Crippen LogP contribution < -0.4 is 0 Å². The van der Waals surface area contributed by atoms with Gasteiger partial charge in [0.15, 0.2) is 0 Å². The molecule has 1 amide bonds. The minimum absolute atomic E-state index is 0.121. The molecule has 2 aromatic rings. The number of carbonyl (C=O) groups is 1. The third kappa shape index (κ3) is 3.55. The number of thiazole rings is 1. The van der Waals surface area contributed by atoms with E-state index in [1.807, 2.05) is 5.38 Å². The van der Waals surface area contributed by atoms with E-state index in [2.05, 4.69) is 38.6 Å². The molecule has 5 heterocycles. The molecule has 3 aliphatic heterocycles. The van der Waals surface area contributed by atoms with Gasteiger partial charge in [-0.3, -0.25) is 9.69 Å². The number of nitrogens with one attached hydrogen (secondary N) is 1. The van der Waals surface area contributed by atoms with Crippen LogP contribution in [-0.4, -0.2) is 56.3 Å². The zero-order chi connectivity index (χ0) is 18.1. The molecule has 2 atom stereocenters. The smallest absolute Gasteiger partial charge is 0.273 e. The normalized spacial score (nSPS) is 23.4. The number of amides is 1. The number of imidazole rings is 1. The van der Waals surface area contributed by atoms with Crippen molar-refractivity contribution in [3.8, 4) is 0 Å². The number of fused-ring (bicyclic) bond motifs is 4. The minimum atomic E-state index is 0.121. The summed E-state index contributed by atoms with van der Waals surface area (Å²) in [5.74, 6) is 0.668. The van der Waals surface area contributed by atoms with Crippen molar-refractivity contribution in [2.75, 3.05) is 19.6 Å². The average molecular weight is 374 g/mol. The maximum Gasteiger partial charge on any atom is 0.273 e. The van der Waals surface area contributed by atoms with Crippen LogP contribution in [-0.2, 0) is 13.0 Å². The fourth-order valence-corrected chi connectivity index (χ4v) is 5.07. The second kappa shape index (κ2) is 7.48. The van der Waals surface area contributed by atoms with Crippen LogP contribution in [0, 0.1) is 12.8 Å². The van der Waals surface area contributed by atoms with E-state index in [-0.39, 0.29) is 11.9 Å². The Morgan fingerprint density at radius 1 is 1.35 bits per heavy atom. The predicted molar refractivity (Wildman–Crippen MR) is 102 cm³/mol. The average Bonchev–Trinajstić information content (AvgIpc) is 3.15. The number of aromatic amines is 1. The Labute approximate surface area is 158 Å². The van der Waals surface area contributed by atoms with Gasteiger partial charge in [-0.2, -0.15) is 0 Å². The molecule has 0 saturated carbocycles. The highest BCUT2D eigenvalue weighted by atomic mass is 32.1. The number of carbonyl (C=O) groups excluding carboxylic acids is 1. The van der Waals surface area contributed by atoms with Gasteiger partial charge in [0.25, 0.3) is 5.91 Å². The molecule has 0 spiro atoms. The number of hydrogen-bond acceptors (Lipinski definition) is 5. The maximum absolute atomic E-state index is 13.1. The fraction of sp³-hybridized carbons (Fsp3) is 0.632. The maximum atomic E-state index is 13.1. The van der Waals surface area contributed by atoms with Crippen molar-refractivity contribution in [3.05, 3.63) is 33.8 Å². The van der Waals surface area contributed by atoms with Crippen LogP contribution in [0.25, 0.3) is 0 Å². The zero-order valence-electron chi connectivity index (χ0n) is 15.6. The van der Waals surface area contributed by atoms with Crippen molar-refractivity contribution in [1.29, 1.82) is 0 Å². The van der Waals surface area contributed by atoms with E-state index in [1.54, 1.807) is 17.7 Å². The molecular weight excluding hydrogens is 346 g/mol. The minimum Gasteiger partial charge on any atom is -0.348 e. The molecule has 3 fully saturated rings. The molecular formula is C19H27N5OS. The Morgan fingerprint density at radius 2 is 2.23 bits per heavy atom. The monoisotopic (exact) mass is 373 g/mol. The van der Waals surface area contributed by atoms with Crippen molar-refractivity contribution in [3.63, 3.8) is 0 Å². The van der Waals surface area contributed by atoms with E-state index in [4.69, 9.17) is 0 Å². The number of H-pyrrole nitrogens is 1. The van der Waals surface area contributed by atoms with Crippen LogP contribution in [0.5, 0.6) is 0 Å². The van der Waals surface area contributed by atoms with Gasteiger partial charge in [-0.1, -0.05) is 6.92 Å². The van der Waals surface area contributed by atoms with Crippen LogP contribution in [0.4, 0.5) is 0 Å². The van der Waals surface area contributed by atoms with E-state index < -0.39 is 0 Å². The summed E-state index contributed by atoms with van der Waals surface area (Å²) in [6.07, 6.45) is 6.10. The summed E-state index contributed by atoms with van der Waals surface area (Å²) in [5.41, 5.74) is 2.90. The van der Waals surface area contributed by atoms with Gasteiger partial charge in [0.2, 0.25) is 0 Å². The van der Waals surface area contributed by atoms with Gasteiger partial charge in [-0.15, -0.1) is 11.3 Å². The van der Waals surface area contributed by atoms with Crippen molar-refractivity contribution >= 4 is 17.2 Å². The van der Waals surface area contributed by atoms with Crippen LogP contribution in [0.3, 0.4) is 0 Å². The van der Waals surface area contributed by atoms with E-state index >= 15 is 0 Å². The molecule has 0 radical (unpaired) electrons. The first kappa shape index (κ1) is 17.7. The SMILES string of the molecule is CCCc1nc(C(=O)N2C[C@@H]3CC[C@H]2CN(Cc2nc[nH]c2C)C3)cs1. The van der Waals surface area contributed by atoms with Gasteiger partial charge in [-0.05, 0) is 38.5 Å². The van der Waals surface area contributed by atoms with Crippen LogP contribution >= 0.6 is 11.3 Å². The summed E-state index contributed by atoms with van der Waals surface area (Å²) in [7, 11) is 0. The molecule has 7 heteroatoms. The van der Waals surface area contributed by atoms with Crippen LogP contribution in [0.2, 0.25) is 0 Å². The molecule has 0 aliphatic carbocycles. The summed E-state index contributed by atoms with van der Waals surface area (Å²) in [6, 6.07) is 0.289. The molecule has 0 aromatic carbocycles. The first-order valence-electron chi connectivity index (χ1n) is 9.60. The Morgan fingerprint density at radius 3 is 3.00 bits per heavy atom. The summed E-state index contributed by atoms with van der Waals surface area (Å²) in [6.45, 7) is 7.92. The lowest BCUT2D eigenvalue weighted by atomic mass is 9.95. The number of aromatic nitrogens is 3.